The average Bonchev–Trinajstić information content (AvgIpc) is 2.79. The van der Waals surface area contributed by atoms with Crippen LogP contribution in [0.1, 0.15) is 36.2 Å². The topological polar surface area (TPSA) is 104 Å². The number of nitrogens with zero attached hydrogens (tertiary/aromatic N) is 2. The molecule has 2 aromatic carbocycles. The summed E-state index contributed by atoms with van der Waals surface area (Å²) in [4.78, 5) is 22.8. The van der Waals surface area contributed by atoms with E-state index in [1.807, 2.05) is 32.2 Å². The first-order valence-corrected chi connectivity index (χ1v) is 10.2. The van der Waals surface area contributed by atoms with Crippen molar-refractivity contribution in [2.75, 3.05) is 5.01 Å². The van der Waals surface area contributed by atoms with Gasteiger partial charge in [-0.25, -0.2) is 4.79 Å². The second-order valence-corrected chi connectivity index (χ2v) is 7.64. The van der Waals surface area contributed by atoms with Gasteiger partial charge < -0.3 is 15.9 Å². The number of carbonyl (C=O) groups excluding carboxylic acids is 1. The maximum atomic E-state index is 11.8. The standard InChI is InChI=1S/C13H17NO3.C12H10N2.H2O.Pt/c1-9(2)8-11(13(16)17)14-12(15)10-6-4-3-5-7-10;1-2-6-12-11(5-1)7-10-13-8-3-4-9-14(12)13;;/h3-7,9,11H,8H2,1-2H3,(H,14,15)(H,16,17);1-10H;1H2;/q;;;+4. The van der Waals surface area contributed by atoms with E-state index in [4.69, 9.17) is 5.11 Å². The van der Waals surface area contributed by atoms with Crippen LogP contribution in [-0.2, 0) is 25.9 Å². The first-order chi connectivity index (χ1) is 15.0. The first-order valence-electron chi connectivity index (χ1n) is 10.2. The second-order valence-electron chi connectivity index (χ2n) is 7.64. The number of allylic oxidation sites excluding steroid dienone is 2. The van der Waals surface area contributed by atoms with Crippen LogP contribution in [-0.4, -0.2) is 33.5 Å². The molecule has 0 bridgehead atoms. The fourth-order valence-corrected chi connectivity index (χ4v) is 3.26. The summed E-state index contributed by atoms with van der Waals surface area (Å²) in [5.41, 5.74) is 2.95. The number of hydrazine groups is 1. The van der Waals surface area contributed by atoms with Gasteiger partial charge >= 0.3 is 27.0 Å². The summed E-state index contributed by atoms with van der Waals surface area (Å²) in [6, 6.07) is 16.1. The van der Waals surface area contributed by atoms with E-state index >= 15 is 0 Å². The SMILES string of the molecule is C1=CN2C=Cc3ccccc3N2C=C1.CC(C)CC(NC(=O)c1ccccc1)C(=O)O.O.[Pt+4]. The predicted octanol–water partition coefficient (Wildman–Crippen LogP) is 3.82. The van der Waals surface area contributed by atoms with Gasteiger partial charge in [0.25, 0.3) is 5.91 Å². The molecule has 0 aromatic heterocycles. The molecule has 0 aliphatic carbocycles. The molecule has 2 aromatic rings. The van der Waals surface area contributed by atoms with Crippen LogP contribution in [0.4, 0.5) is 5.69 Å². The van der Waals surface area contributed by atoms with Gasteiger partial charge in [0.05, 0.1) is 5.69 Å². The number of para-hydroxylation sites is 1. The molecule has 2 aliphatic rings. The number of carboxylic acids is 1. The Hall–Kier alpha value is -3.15. The number of hydrogen-bond donors (Lipinski definition) is 2. The van der Waals surface area contributed by atoms with Gasteiger partial charge in [0.2, 0.25) is 0 Å². The number of benzene rings is 2. The molecule has 2 aliphatic heterocycles. The molecule has 1 amide bonds. The van der Waals surface area contributed by atoms with E-state index in [2.05, 4.69) is 58.1 Å². The van der Waals surface area contributed by atoms with Gasteiger partial charge in [-0.05, 0) is 48.8 Å². The second kappa shape index (κ2) is 13.4. The van der Waals surface area contributed by atoms with Crippen molar-refractivity contribution in [2.45, 2.75) is 26.3 Å². The van der Waals surface area contributed by atoms with Crippen LogP contribution < -0.4 is 10.3 Å². The average molecular weight is 631 g/mol. The summed E-state index contributed by atoms with van der Waals surface area (Å²) >= 11 is 0. The van der Waals surface area contributed by atoms with Crippen LogP contribution in [0.15, 0.2) is 85.3 Å². The van der Waals surface area contributed by atoms with Gasteiger partial charge in [-0.1, -0.05) is 50.2 Å². The number of fused-ring (bicyclic) bond motifs is 3. The third-order valence-electron chi connectivity index (χ3n) is 4.76. The summed E-state index contributed by atoms with van der Waals surface area (Å²) in [6.45, 7) is 3.84. The van der Waals surface area contributed by atoms with Crippen LogP contribution in [0.3, 0.4) is 0 Å². The molecule has 1 atom stereocenters. The van der Waals surface area contributed by atoms with Crippen molar-refractivity contribution in [3.8, 4) is 0 Å². The summed E-state index contributed by atoms with van der Waals surface area (Å²) in [7, 11) is 0. The summed E-state index contributed by atoms with van der Waals surface area (Å²) in [6.07, 6.45) is 12.8. The Bertz CT molecular complexity index is 1010. The Kier molecular flexibility index (Phi) is 11.3. The molecule has 7 nitrogen and oxygen atoms in total. The van der Waals surface area contributed by atoms with E-state index in [9.17, 15) is 9.59 Å². The van der Waals surface area contributed by atoms with Gasteiger partial charge in [0.15, 0.2) is 0 Å². The minimum atomic E-state index is -0.997. The monoisotopic (exact) mass is 630 g/mol. The molecular formula is C25H29N3O4Pt+4. The fourth-order valence-electron chi connectivity index (χ4n) is 3.26. The molecule has 0 saturated carbocycles. The molecular weight excluding hydrogens is 601 g/mol. The van der Waals surface area contributed by atoms with Crippen LogP contribution in [0, 0.1) is 5.92 Å². The third kappa shape index (κ3) is 7.74. The Morgan fingerprint density at radius 3 is 2.24 bits per heavy atom. The van der Waals surface area contributed by atoms with Gasteiger partial charge in [0, 0.05) is 29.7 Å². The quantitative estimate of drug-likeness (QED) is 0.523. The van der Waals surface area contributed by atoms with Gasteiger partial charge in [-0.3, -0.25) is 14.8 Å². The van der Waals surface area contributed by atoms with E-state index in [0.29, 0.717) is 12.0 Å². The zero-order valence-corrected chi connectivity index (χ0v) is 20.8. The normalized spacial score (nSPS) is 13.4. The number of amides is 1. The molecule has 4 N–H and O–H groups in total. The van der Waals surface area contributed by atoms with Gasteiger partial charge in [-0.15, -0.1) is 0 Å². The molecule has 0 spiro atoms. The molecule has 33 heavy (non-hydrogen) atoms. The molecule has 0 saturated heterocycles. The van der Waals surface area contributed by atoms with Crippen LogP contribution in [0.25, 0.3) is 6.08 Å². The number of hydrogen-bond acceptors (Lipinski definition) is 4. The molecule has 8 heteroatoms. The van der Waals surface area contributed by atoms with E-state index in [1.165, 1.54) is 11.3 Å². The molecule has 2 heterocycles. The third-order valence-corrected chi connectivity index (χ3v) is 4.76. The maximum Gasteiger partial charge on any atom is 4.00 e. The van der Waals surface area contributed by atoms with Crippen LogP contribution >= 0.6 is 0 Å². The van der Waals surface area contributed by atoms with E-state index < -0.39 is 12.0 Å². The van der Waals surface area contributed by atoms with E-state index in [-0.39, 0.29) is 38.4 Å². The summed E-state index contributed by atoms with van der Waals surface area (Å²) < 4.78 is 0. The fraction of sp³-hybridized carbons (Fsp3) is 0.200. The number of rotatable bonds is 5. The Morgan fingerprint density at radius 1 is 0.939 bits per heavy atom. The van der Waals surface area contributed by atoms with Crippen molar-refractivity contribution < 1.29 is 41.2 Å². The predicted molar refractivity (Wildman–Crippen MR) is 126 cm³/mol. The maximum absolute atomic E-state index is 11.8. The largest absolute Gasteiger partial charge is 4.00 e. The van der Waals surface area contributed by atoms with Crippen molar-refractivity contribution in [3.63, 3.8) is 0 Å². The van der Waals surface area contributed by atoms with Crippen molar-refractivity contribution >= 4 is 23.6 Å². The summed E-state index contributed by atoms with van der Waals surface area (Å²) in [5.74, 6) is -1.13. The Morgan fingerprint density at radius 2 is 1.58 bits per heavy atom. The number of carboxylic acid groups (broad SMARTS) is 1. The molecule has 0 fully saturated rings. The first kappa shape index (κ1) is 27.9. The van der Waals surface area contributed by atoms with Gasteiger partial charge in [0.1, 0.15) is 6.04 Å². The van der Waals surface area contributed by atoms with Crippen molar-refractivity contribution in [2.24, 2.45) is 5.92 Å². The van der Waals surface area contributed by atoms with Crippen LogP contribution in [0.5, 0.6) is 0 Å². The minimum absolute atomic E-state index is 0. The van der Waals surface area contributed by atoms with Crippen molar-refractivity contribution in [1.82, 2.24) is 10.3 Å². The smallest absolute Gasteiger partial charge is 0.480 e. The minimum Gasteiger partial charge on any atom is -0.480 e. The zero-order valence-electron chi connectivity index (χ0n) is 18.5. The summed E-state index contributed by atoms with van der Waals surface area (Å²) in [5, 5.41) is 15.7. The molecule has 1 unspecified atom stereocenters. The van der Waals surface area contributed by atoms with Crippen LogP contribution in [0.2, 0.25) is 0 Å². The molecule has 0 radical (unpaired) electrons. The Labute approximate surface area is 208 Å². The number of aliphatic carboxylic acids is 1. The zero-order chi connectivity index (χ0) is 22.2. The number of nitrogens with one attached hydrogen (secondary N) is 1. The van der Waals surface area contributed by atoms with Crippen molar-refractivity contribution in [1.29, 1.82) is 0 Å². The van der Waals surface area contributed by atoms with E-state index in [1.54, 1.807) is 30.3 Å². The molecule has 4 rings (SSSR count). The van der Waals surface area contributed by atoms with E-state index in [0.717, 1.165) is 0 Å². The van der Waals surface area contributed by atoms with Crippen molar-refractivity contribution in [3.05, 3.63) is 96.5 Å². The number of carbonyl (C=O) groups is 2. The number of anilines is 1. The molecule has 174 valence electrons. The Balaban J connectivity index is 0.000000314. The van der Waals surface area contributed by atoms with Gasteiger partial charge in [-0.2, -0.15) is 0 Å².